The summed E-state index contributed by atoms with van der Waals surface area (Å²) in [4.78, 5) is 16.9. The highest BCUT2D eigenvalue weighted by molar-refractivity contribution is 7.12. The van der Waals surface area contributed by atoms with E-state index in [-0.39, 0.29) is 5.69 Å². The van der Waals surface area contributed by atoms with E-state index in [1.165, 1.54) is 16.0 Å². The Morgan fingerprint density at radius 2 is 1.90 bits per heavy atom. The Kier molecular flexibility index (Phi) is 2.68. The van der Waals surface area contributed by atoms with E-state index in [1.807, 2.05) is 47.8 Å². The number of rotatable bonds is 2. The molecule has 0 fully saturated rings. The summed E-state index contributed by atoms with van der Waals surface area (Å²) < 4.78 is 2.88. The Morgan fingerprint density at radius 3 is 2.76 bits per heavy atom. The summed E-state index contributed by atoms with van der Waals surface area (Å²) in [6.45, 7) is 0. The number of hydrogen-bond donors (Lipinski definition) is 0. The predicted octanol–water partition coefficient (Wildman–Crippen LogP) is 2.61. The van der Waals surface area contributed by atoms with Gasteiger partial charge in [-0.1, -0.05) is 30.3 Å². The second-order valence-corrected chi connectivity index (χ2v) is 5.36. The van der Waals surface area contributed by atoms with Gasteiger partial charge in [-0.15, -0.1) is 11.3 Å². The Bertz CT molecular complexity index is 968. The SMILES string of the molecule is O=c1n(-c2nc(-c3ccccc3)cs2)ncc2cccn12. The number of hydrogen-bond acceptors (Lipinski definition) is 4. The quantitative estimate of drug-likeness (QED) is 0.571. The molecule has 0 radical (unpaired) electrons. The summed E-state index contributed by atoms with van der Waals surface area (Å²) in [6, 6.07) is 13.5. The lowest BCUT2D eigenvalue weighted by Gasteiger charge is -2.00. The van der Waals surface area contributed by atoms with Gasteiger partial charge in [0.1, 0.15) is 0 Å². The molecule has 4 aromatic rings. The van der Waals surface area contributed by atoms with Gasteiger partial charge >= 0.3 is 5.69 Å². The zero-order chi connectivity index (χ0) is 14.2. The predicted molar refractivity (Wildman–Crippen MR) is 81.9 cm³/mol. The summed E-state index contributed by atoms with van der Waals surface area (Å²) in [7, 11) is 0. The van der Waals surface area contributed by atoms with E-state index >= 15 is 0 Å². The molecule has 4 rings (SSSR count). The van der Waals surface area contributed by atoms with E-state index in [1.54, 1.807) is 16.8 Å². The second kappa shape index (κ2) is 4.68. The number of aromatic nitrogens is 4. The molecule has 102 valence electrons. The lowest BCUT2D eigenvalue weighted by molar-refractivity contribution is 0.746. The van der Waals surface area contributed by atoms with E-state index < -0.39 is 0 Å². The molecule has 0 bridgehead atoms. The van der Waals surface area contributed by atoms with Crippen LogP contribution in [0.2, 0.25) is 0 Å². The fourth-order valence-electron chi connectivity index (χ4n) is 2.18. The molecule has 1 aromatic carbocycles. The Labute approximate surface area is 123 Å². The third-order valence-corrected chi connectivity index (χ3v) is 4.03. The molecule has 0 aliphatic carbocycles. The first kappa shape index (κ1) is 12.0. The number of benzene rings is 1. The first-order valence-electron chi connectivity index (χ1n) is 6.40. The highest BCUT2D eigenvalue weighted by Crippen LogP contribution is 2.22. The third kappa shape index (κ3) is 1.96. The first-order valence-corrected chi connectivity index (χ1v) is 7.28. The van der Waals surface area contributed by atoms with Gasteiger partial charge < -0.3 is 0 Å². The molecule has 0 unspecified atom stereocenters. The molecule has 0 spiro atoms. The fourth-order valence-corrected chi connectivity index (χ4v) is 2.96. The molecule has 0 N–H and O–H groups in total. The molecule has 0 saturated carbocycles. The minimum absolute atomic E-state index is 0.216. The Morgan fingerprint density at radius 1 is 1.05 bits per heavy atom. The largest absolute Gasteiger partial charge is 0.356 e. The summed E-state index contributed by atoms with van der Waals surface area (Å²) in [6.07, 6.45) is 3.38. The van der Waals surface area contributed by atoms with Gasteiger partial charge in [-0.3, -0.25) is 4.40 Å². The van der Waals surface area contributed by atoms with Crippen LogP contribution < -0.4 is 5.69 Å². The normalized spacial score (nSPS) is 11.0. The summed E-state index contributed by atoms with van der Waals surface area (Å²) in [5.41, 5.74) is 2.43. The fraction of sp³-hybridized carbons (Fsp3) is 0. The van der Waals surface area contributed by atoms with Crippen molar-refractivity contribution in [1.29, 1.82) is 0 Å². The summed E-state index contributed by atoms with van der Waals surface area (Å²) >= 11 is 1.40. The maximum Gasteiger partial charge on any atom is 0.356 e. The molecule has 3 heterocycles. The molecule has 3 aromatic heterocycles. The second-order valence-electron chi connectivity index (χ2n) is 4.52. The van der Waals surface area contributed by atoms with Crippen LogP contribution in [0.1, 0.15) is 0 Å². The molecule has 0 atom stereocenters. The van der Waals surface area contributed by atoms with Crippen LogP contribution in [0.15, 0.2) is 65.0 Å². The van der Waals surface area contributed by atoms with Crippen LogP contribution in [0.4, 0.5) is 0 Å². The minimum atomic E-state index is -0.216. The van der Waals surface area contributed by atoms with E-state index in [2.05, 4.69) is 10.1 Å². The molecule has 0 aliphatic rings. The molecule has 0 amide bonds. The molecule has 0 saturated heterocycles. The Balaban J connectivity index is 1.85. The van der Waals surface area contributed by atoms with Crippen molar-refractivity contribution >= 4 is 16.9 Å². The van der Waals surface area contributed by atoms with Gasteiger partial charge in [-0.25, -0.2) is 9.78 Å². The van der Waals surface area contributed by atoms with Crippen LogP contribution in [0.25, 0.3) is 21.9 Å². The maximum absolute atomic E-state index is 12.4. The van der Waals surface area contributed by atoms with Gasteiger partial charge in [0.05, 0.1) is 17.4 Å². The maximum atomic E-state index is 12.4. The van der Waals surface area contributed by atoms with Crippen LogP contribution in [0, 0.1) is 0 Å². The lowest BCUT2D eigenvalue weighted by atomic mass is 10.2. The van der Waals surface area contributed by atoms with Crippen molar-refractivity contribution in [2.24, 2.45) is 0 Å². The minimum Gasteiger partial charge on any atom is -0.266 e. The van der Waals surface area contributed by atoms with Gasteiger partial charge in [0.15, 0.2) is 0 Å². The van der Waals surface area contributed by atoms with Crippen molar-refractivity contribution < 1.29 is 0 Å². The molecular weight excluding hydrogens is 284 g/mol. The highest BCUT2D eigenvalue weighted by Gasteiger charge is 2.10. The highest BCUT2D eigenvalue weighted by atomic mass is 32.1. The summed E-state index contributed by atoms with van der Waals surface area (Å²) in [5, 5.41) is 6.68. The van der Waals surface area contributed by atoms with Gasteiger partial charge in [0, 0.05) is 17.1 Å². The number of thiazole rings is 1. The van der Waals surface area contributed by atoms with E-state index in [0.717, 1.165) is 16.8 Å². The third-order valence-electron chi connectivity index (χ3n) is 3.22. The average Bonchev–Trinajstić information content (AvgIpc) is 3.18. The van der Waals surface area contributed by atoms with E-state index in [0.29, 0.717) is 5.13 Å². The van der Waals surface area contributed by atoms with Gasteiger partial charge in [0.2, 0.25) is 5.13 Å². The van der Waals surface area contributed by atoms with Gasteiger partial charge in [0.25, 0.3) is 0 Å². The lowest BCUT2D eigenvalue weighted by Crippen LogP contribution is -2.26. The smallest absolute Gasteiger partial charge is 0.266 e. The molecule has 0 aliphatic heterocycles. The van der Waals surface area contributed by atoms with Crippen molar-refractivity contribution in [3.05, 3.63) is 70.7 Å². The first-order chi connectivity index (χ1) is 10.3. The number of fused-ring (bicyclic) bond motifs is 1. The van der Waals surface area contributed by atoms with Crippen molar-refractivity contribution in [3.8, 4) is 16.4 Å². The van der Waals surface area contributed by atoms with Crippen LogP contribution in [0.5, 0.6) is 0 Å². The van der Waals surface area contributed by atoms with Gasteiger partial charge in [-0.05, 0) is 12.1 Å². The van der Waals surface area contributed by atoms with E-state index in [4.69, 9.17) is 0 Å². The zero-order valence-corrected chi connectivity index (χ0v) is 11.7. The van der Waals surface area contributed by atoms with E-state index in [9.17, 15) is 4.79 Å². The molecular formula is C15H10N4OS. The van der Waals surface area contributed by atoms with Crippen molar-refractivity contribution in [2.75, 3.05) is 0 Å². The zero-order valence-electron chi connectivity index (χ0n) is 10.9. The number of nitrogens with zero attached hydrogens (tertiary/aromatic N) is 4. The molecule has 6 heteroatoms. The molecule has 21 heavy (non-hydrogen) atoms. The van der Waals surface area contributed by atoms with Gasteiger partial charge in [-0.2, -0.15) is 9.78 Å². The van der Waals surface area contributed by atoms with Crippen LogP contribution in [0.3, 0.4) is 0 Å². The van der Waals surface area contributed by atoms with Crippen LogP contribution >= 0.6 is 11.3 Å². The van der Waals surface area contributed by atoms with Crippen molar-refractivity contribution in [1.82, 2.24) is 19.2 Å². The summed E-state index contributed by atoms with van der Waals surface area (Å²) in [5.74, 6) is 0. The molecule has 5 nitrogen and oxygen atoms in total. The topological polar surface area (TPSA) is 52.2 Å². The average molecular weight is 294 g/mol. The van der Waals surface area contributed by atoms with Crippen LogP contribution in [-0.2, 0) is 0 Å². The van der Waals surface area contributed by atoms with Crippen LogP contribution in [-0.4, -0.2) is 19.2 Å². The standard InChI is InChI=1S/C15H10N4OS/c20-15-18-8-4-7-12(18)9-16-19(15)14-17-13(10-21-14)11-5-2-1-3-6-11/h1-10H. The Hall–Kier alpha value is -2.73. The van der Waals surface area contributed by atoms with Crippen molar-refractivity contribution in [2.45, 2.75) is 0 Å². The monoisotopic (exact) mass is 294 g/mol. The van der Waals surface area contributed by atoms with Crippen molar-refractivity contribution in [3.63, 3.8) is 0 Å².